The van der Waals surface area contributed by atoms with Crippen molar-refractivity contribution in [2.24, 2.45) is 0 Å². The van der Waals surface area contributed by atoms with Crippen LogP contribution in [0.2, 0.25) is 0 Å². The Morgan fingerprint density at radius 2 is 0.941 bits per heavy atom. The van der Waals surface area contributed by atoms with Crippen molar-refractivity contribution >= 4 is 108 Å². The van der Waals surface area contributed by atoms with Gasteiger partial charge in [-0.05, 0) is 137 Å². The summed E-state index contributed by atoms with van der Waals surface area (Å²) in [6.45, 7) is 4.70. The lowest BCUT2D eigenvalue weighted by Crippen LogP contribution is -2.14. The van der Waals surface area contributed by atoms with E-state index in [2.05, 4.69) is 242 Å². The molecule has 68 heavy (non-hydrogen) atoms. The molecule has 0 unspecified atom stereocenters. The van der Waals surface area contributed by atoms with Gasteiger partial charge in [-0.15, -0.1) is 11.3 Å². The minimum atomic E-state index is -0.0348. The molecule has 318 valence electrons. The Kier molecular flexibility index (Phi) is 7.75. The summed E-state index contributed by atoms with van der Waals surface area (Å²) in [5.74, 6) is 0. The number of rotatable bonds is 5. The zero-order valence-corrected chi connectivity index (χ0v) is 38.4. The van der Waals surface area contributed by atoms with Crippen LogP contribution in [0.4, 0.5) is 17.1 Å². The molecule has 0 aliphatic heterocycles. The van der Waals surface area contributed by atoms with Crippen LogP contribution in [0.15, 0.2) is 218 Å². The topological polar surface area (TPSA) is 7.65 Å². The number of benzene rings is 11. The predicted octanol–water partition coefficient (Wildman–Crippen LogP) is 18.6. The van der Waals surface area contributed by atoms with E-state index in [1.54, 1.807) is 0 Å². The van der Waals surface area contributed by atoms with Gasteiger partial charge in [0, 0.05) is 54.1 Å². The number of fused-ring (bicyclic) bond motifs is 17. The maximum Gasteiger partial charge on any atom is 0.109 e. The van der Waals surface area contributed by atoms with Crippen LogP contribution in [0.1, 0.15) is 25.0 Å². The van der Waals surface area contributed by atoms with Gasteiger partial charge in [0.15, 0.2) is 0 Å². The second-order valence-corrected chi connectivity index (χ2v) is 20.3. The van der Waals surface area contributed by atoms with E-state index in [4.69, 9.17) is 0 Å². The molecule has 0 saturated carbocycles. The predicted molar refractivity (Wildman–Crippen MR) is 292 cm³/mol. The SMILES string of the molecule is CC1(C)c2ccccc2-c2cc(-c3cccc(N(c4ccc(-c5ccc6c(c5)c5cccc7c8c9ccccc9sc8n6c57)cc4)c4ccc5c6ccccc6c6ccccc6c5c4)c3)ccc21. The quantitative estimate of drug-likeness (QED) is 0.156. The van der Waals surface area contributed by atoms with Crippen LogP contribution >= 0.6 is 11.3 Å². The van der Waals surface area contributed by atoms with Gasteiger partial charge in [0.05, 0.1) is 11.0 Å². The summed E-state index contributed by atoms with van der Waals surface area (Å²) in [6, 6.07) is 81.8. The Morgan fingerprint density at radius 3 is 1.75 bits per heavy atom. The van der Waals surface area contributed by atoms with Crippen LogP contribution in [0.5, 0.6) is 0 Å². The lowest BCUT2D eigenvalue weighted by Gasteiger charge is -2.27. The highest BCUT2D eigenvalue weighted by Crippen LogP contribution is 2.51. The van der Waals surface area contributed by atoms with Crippen LogP contribution in [0.3, 0.4) is 0 Å². The van der Waals surface area contributed by atoms with Gasteiger partial charge in [-0.2, -0.15) is 0 Å². The summed E-state index contributed by atoms with van der Waals surface area (Å²) in [6.07, 6.45) is 0. The van der Waals surface area contributed by atoms with Crippen molar-refractivity contribution < 1.29 is 0 Å². The maximum absolute atomic E-state index is 2.51. The molecular formula is C65H42N2S. The highest BCUT2D eigenvalue weighted by molar-refractivity contribution is 7.25. The third kappa shape index (κ3) is 5.22. The Labute approximate surface area is 397 Å². The summed E-state index contributed by atoms with van der Waals surface area (Å²) in [5, 5.41) is 14.3. The number of hydrogen-bond acceptors (Lipinski definition) is 2. The van der Waals surface area contributed by atoms with E-state index in [0.717, 1.165) is 17.1 Å². The first-order chi connectivity index (χ1) is 33.5. The van der Waals surface area contributed by atoms with Gasteiger partial charge in [0.2, 0.25) is 0 Å². The van der Waals surface area contributed by atoms with Gasteiger partial charge in [-0.25, -0.2) is 0 Å². The molecule has 0 bridgehead atoms. The molecule has 0 fully saturated rings. The summed E-state index contributed by atoms with van der Waals surface area (Å²) in [4.78, 5) is 3.77. The second-order valence-electron chi connectivity index (χ2n) is 19.2. The van der Waals surface area contributed by atoms with E-state index >= 15 is 0 Å². The fraction of sp³-hybridized carbons (Fsp3) is 0.0462. The minimum absolute atomic E-state index is 0.0348. The van der Waals surface area contributed by atoms with Gasteiger partial charge >= 0.3 is 0 Å². The first-order valence-corrected chi connectivity index (χ1v) is 24.5. The molecule has 11 aromatic carbocycles. The number of para-hydroxylation sites is 1. The standard InChI is InChI=1S/C65H42N2S/c1-65(2)58-23-9-7-19-51(58)56-36-42(27-33-59(56)65)40-13-11-14-44(35-40)66(45-31-32-50-48-17-4-3-15-46(48)47-16-5-6-18-49(47)55(50)38-45)43-29-25-39(26-30-43)41-28-34-60-57(37-41)52-21-12-22-54-62-53-20-8-10-24-61(53)68-64(62)67(60)63(52)54/h3-38H,1-2H3. The zero-order valence-electron chi connectivity index (χ0n) is 37.6. The highest BCUT2D eigenvalue weighted by Gasteiger charge is 2.35. The summed E-state index contributed by atoms with van der Waals surface area (Å²) in [5.41, 5.74) is 16.2. The summed E-state index contributed by atoms with van der Waals surface area (Å²) >= 11 is 1.90. The van der Waals surface area contributed by atoms with Gasteiger partial charge in [-0.3, -0.25) is 4.40 Å². The van der Waals surface area contributed by atoms with Gasteiger partial charge < -0.3 is 4.90 Å². The van der Waals surface area contributed by atoms with Crippen LogP contribution in [0, 0.1) is 0 Å². The third-order valence-corrected chi connectivity index (χ3v) is 16.5. The first kappa shape index (κ1) is 37.9. The molecule has 0 saturated heterocycles. The van der Waals surface area contributed by atoms with E-state index in [-0.39, 0.29) is 5.41 Å². The molecule has 0 spiro atoms. The van der Waals surface area contributed by atoms with E-state index in [1.165, 1.54) is 124 Å². The number of hydrogen-bond donors (Lipinski definition) is 0. The van der Waals surface area contributed by atoms with Crippen molar-refractivity contribution in [2.75, 3.05) is 4.90 Å². The number of nitrogens with zero attached hydrogens (tertiary/aromatic N) is 2. The Hall–Kier alpha value is -8.24. The molecule has 14 aromatic rings. The molecule has 3 heteroatoms. The minimum Gasteiger partial charge on any atom is -0.310 e. The molecule has 0 N–H and O–H groups in total. The Morgan fingerprint density at radius 1 is 0.368 bits per heavy atom. The summed E-state index contributed by atoms with van der Waals surface area (Å²) in [7, 11) is 0. The van der Waals surface area contributed by atoms with E-state index in [0.29, 0.717) is 0 Å². The fourth-order valence-electron chi connectivity index (χ4n) is 12.1. The second kappa shape index (κ2) is 13.9. The molecule has 15 rings (SSSR count). The zero-order chi connectivity index (χ0) is 44.8. The van der Waals surface area contributed by atoms with Gasteiger partial charge in [0.1, 0.15) is 4.83 Å². The van der Waals surface area contributed by atoms with Crippen molar-refractivity contribution in [1.29, 1.82) is 0 Å². The smallest absolute Gasteiger partial charge is 0.109 e. The van der Waals surface area contributed by atoms with Crippen LogP contribution in [-0.2, 0) is 5.41 Å². The highest BCUT2D eigenvalue weighted by atomic mass is 32.1. The molecule has 0 radical (unpaired) electrons. The molecule has 1 aliphatic carbocycles. The van der Waals surface area contributed by atoms with Crippen molar-refractivity contribution in [3.8, 4) is 33.4 Å². The number of anilines is 3. The van der Waals surface area contributed by atoms with Crippen LogP contribution < -0.4 is 4.90 Å². The molecule has 3 heterocycles. The molecule has 0 amide bonds. The van der Waals surface area contributed by atoms with Crippen molar-refractivity contribution in [2.45, 2.75) is 19.3 Å². The lowest BCUT2D eigenvalue weighted by molar-refractivity contribution is 0.660. The first-order valence-electron chi connectivity index (χ1n) is 23.7. The molecule has 1 aliphatic rings. The van der Waals surface area contributed by atoms with Gasteiger partial charge in [-0.1, -0.05) is 172 Å². The van der Waals surface area contributed by atoms with E-state index < -0.39 is 0 Å². The Balaban J connectivity index is 0.882. The lowest BCUT2D eigenvalue weighted by atomic mass is 9.82. The van der Waals surface area contributed by atoms with Crippen molar-refractivity contribution in [3.05, 3.63) is 230 Å². The molecular weight excluding hydrogens is 841 g/mol. The fourth-order valence-corrected chi connectivity index (χ4v) is 13.4. The van der Waals surface area contributed by atoms with E-state index in [1.807, 2.05) is 11.3 Å². The monoisotopic (exact) mass is 882 g/mol. The average molecular weight is 883 g/mol. The number of thiophene rings is 1. The van der Waals surface area contributed by atoms with Gasteiger partial charge in [0.25, 0.3) is 0 Å². The van der Waals surface area contributed by atoms with E-state index in [9.17, 15) is 0 Å². The largest absolute Gasteiger partial charge is 0.310 e. The molecule has 2 nitrogen and oxygen atoms in total. The third-order valence-electron chi connectivity index (χ3n) is 15.3. The van der Waals surface area contributed by atoms with Crippen molar-refractivity contribution in [3.63, 3.8) is 0 Å². The number of aromatic nitrogens is 1. The van der Waals surface area contributed by atoms with Crippen molar-refractivity contribution in [1.82, 2.24) is 4.40 Å². The maximum atomic E-state index is 2.51. The molecule has 0 atom stereocenters. The van der Waals surface area contributed by atoms with Crippen LogP contribution in [-0.4, -0.2) is 4.40 Å². The normalized spacial score (nSPS) is 13.3. The summed E-state index contributed by atoms with van der Waals surface area (Å²) < 4.78 is 3.85. The Bertz CT molecular complexity index is 4380. The average Bonchev–Trinajstić information content (AvgIpc) is 4.10. The molecule has 3 aromatic heterocycles. The van der Waals surface area contributed by atoms with Crippen LogP contribution in [0.25, 0.3) is 113 Å².